The summed E-state index contributed by atoms with van der Waals surface area (Å²) in [4.78, 5) is 20.9. The fourth-order valence-electron chi connectivity index (χ4n) is 3.74. The maximum Gasteiger partial charge on any atom is 0.253 e. The lowest BCUT2D eigenvalue weighted by Crippen LogP contribution is -2.45. The van der Waals surface area contributed by atoms with Gasteiger partial charge >= 0.3 is 0 Å². The Bertz CT molecular complexity index is 682. The van der Waals surface area contributed by atoms with Crippen LogP contribution >= 0.6 is 0 Å². The van der Waals surface area contributed by atoms with Crippen molar-refractivity contribution in [3.63, 3.8) is 0 Å². The van der Waals surface area contributed by atoms with Gasteiger partial charge in [0.25, 0.3) is 5.91 Å². The maximum atomic E-state index is 12.1. The number of nitrogens with one attached hydrogen (secondary N) is 2. The number of aliphatic imine (C=N–C) groups is 1. The Balaban J connectivity index is 1.77. The molecule has 1 heterocycles. The molecule has 1 saturated heterocycles. The van der Waals surface area contributed by atoms with E-state index in [4.69, 9.17) is 9.73 Å². The molecule has 2 atom stereocenters. The molecule has 7 nitrogen and oxygen atoms in total. The van der Waals surface area contributed by atoms with Crippen LogP contribution in [0.4, 0.5) is 0 Å². The van der Waals surface area contributed by atoms with E-state index in [9.17, 15) is 4.79 Å². The molecule has 0 radical (unpaired) electrons. The van der Waals surface area contributed by atoms with Gasteiger partial charge in [0.1, 0.15) is 0 Å². The van der Waals surface area contributed by atoms with Gasteiger partial charge < -0.3 is 20.3 Å². The maximum absolute atomic E-state index is 12.1. The topological polar surface area (TPSA) is 69.2 Å². The van der Waals surface area contributed by atoms with Crippen molar-refractivity contribution in [2.45, 2.75) is 45.8 Å². The second kappa shape index (κ2) is 12.5. The molecule has 0 bridgehead atoms. The number of nitrogens with zero attached hydrogens (tertiary/aromatic N) is 3. The van der Waals surface area contributed by atoms with E-state index in [1.807, 2.05) is 18.2 Å². The van der Waals surface area contributed by atoms with Crippen LogP contribution in [-0.2, 0) is 11.2 Å². The Labute approximate surface area is 181 Å². The number of amides is 1. The van der Waals surface area contributed by atoms with Crippen LogP contribution in [-0.4, -0.2) is 87.2 Å². The van der Waals surface area contributed by atoms with E-state index >= 15 is 0 Å². The molecule has 1 aliphatic heterocycles. The fraction of sp³-hybridized carbons (Fsp3) is 0.652. The second-order valence-corrected chi connectivity index (χ2v) is 8.21. The zero-order valence-electron chi connectivity index (χ0n) is 19.3. The lowest BCUT2D eigenvalue weighted by Gasteiger charge is -2.35. The van der Waals surface area contributed by atoms with Gasteiger partial charge in [-0.25, -0.2) is 0 Å². The molecule has 1 aliphatic rings. The van der Waals surface area contributed by atoms with Gasteiger partial charge in [-0.3, -0.25) is 14.7 Å². The molecule has 168 valence electrons. The summed E-state index contributed by atoms with van der Waals surface area (Å²) in [6.45, 7) is 11.8. The highest BCUT2D eigenvalue weighted by Crippen LogP contribution is 2.11. The minimum atomic E-state index is 0.0313. The molecule has 1 aromatic carbocycles. The minimum Gasteiger partial charge on any atom is -0.373 e. The highest BCUT2D eigenvalue weighted by molar-refractivity contribution is 5.94. The number of rotatable bonds is 9. The van der Waals surface area contributed by atoms with E-state index < -0.39 is 0 Å². The number of carbonyl (C=O) groups excluding carboxylic acids is 1. The van der Waals surface area contributed by atoms with Gasteiger partial charge in [0.2, 0.25) is 0 Å². The Morgan fingerprint density at radius 1 is 1.23 bits per heavy atom. The molecule has 2 N–H and O–H groups in total. The predicted molar refractivity (Wildman–Crippen MR) is 123 cm³/mol. The van der Waals surface area contributed by atoms with Crippen molar-refractivity contribution in [3.8, 4) is 0 Å². The van der Waals surface area contributed by atoms with Gasteiger partial charge in [0.05, 0.1) is 12.2 Å². The molecule has 7 heteroatoms. The van der Waals surface area contributed by atoms with E-state index in [2.05, 4.69) is 42.4 Å². The first kappa shape index (κ1) is 24.2. The molecule has 0 spiro atoms. The summed E-state index contributed by atoms with van der Waals surface area (Å²) in [5, 5.41) is 6.71. The van der Waals surface area contributed by atoms with E-state index in [-0.39, 0.29) is 5.91 Å². The van der Waals surface area contributed by atoms with E-state index in [1.165, 1.54) is 0 Å². The number of ether oxygens (including phenoxy) is 1. The van der Waals surface area contributed by atoms with Crippen LogP contribution in [0.3, 0.4) is 0 Å². The first-order valence-electron chi connectivity index (χ1n) is 11.1. The quantitative estimate of drug-likeness (QED) is 0.365. The molecule has 0 aliphatic carbocycles. The Hall–Kier alpha value is -2.12. The number of morpholine rings is 1. The van der Waals surface area contributed by atoms with Crippen molar-refractivity contribution in [2.24, 2.45) is 4.99 Å². The normalized spacial score (nSPS) is 20.1. The van der Waals surface area contributed by atoms with Gasteiger partial charge in [-0.05, 0) is 51.3 Å². The number of hydrogen-bond acceptors (Lipinski definition) is 4. The smallest absolute Gasteiger partial charge is 0.253 e. The van der Waals surface area contributed by atoms with Crippen molar-refractivity contribution >= 4 is 11.9 Å². The van der Waals surface area contributed by atoms with Gasteiger partial charge in [-0.1, -0.05) is 12.1 Å². The van der Waals surface area contributed by atoms with Crippen molar-refractivity contribution in [2.75, 3.05) is 53.4 Å². The predicted octanol–water partition coefficient (Wildman–Crippen LogP) is 1.99. The van der Waals surface area contributed by atoms with Crippen LogP contribution in [0.2, 0.25) is 0 Å². The van der Waals surface area contributed by atoms with E-state index in [0.29, 0.717) is 12.2 Å². The van der Waals surface area contributed by atoms with Crippen LogP contribution in [0, 0.1) is 0 Å². The molecule has 0 saturated carbocycles. The fourth-order valence-corrected chi connectivity index (χ4v) is 3.74. The third-order valence-corrected chi connectivity index (χ3v) is 5.03. The van der Waals surface area contributed by atoms with Crippen LogP contribution in [0.5, 0.6) is 0 Å². The number of hydrogen-bond donors (Lipinski definition) is 2. The van der Waals surface area contributed by atoms with Crippen molar-refractivity contribution in [1.29, 1.82) is 0 Å². The third-order valence-electron chi connectivity index (χ3n) is 5.03. The summed E-state index contributed by atoms with van der Waals surface area (Å²) >= 11 is 0. The zero-order chi connectivity index (χ0) is 21.9. The van der Waals surface area contributed by atoms with Crippen molar-refractivity contribution < 1.29 is 9.53 Å². The van der Waals surface area contributed by atoms with Crippen LogP contribution in [0.1, 0.15) is 43.1 Å². The Morgan fingerprint density at radius 3 is 2.63 bits per heavy atom. The molecule has 2 rings (SSSR count). The summed E-state index contributed by atoms with van der Waals surface area (Å²) in [6.07, 6.45) is 2.48. The average molecular weight is 418 g/mol. The molecule has 2 unspecified atom stereocenters. The molecule has 1 fully saturated rings. The van der Waals surface area contributed by atoms with Crippen molar-refractivity contribution in [1.82, 2.24) is 20.4 Å². The van der Waals surface area contributed by atoms with E-state index in [1.54, 1.807) is 19.0 Å². The molecular formula is C23H39N5O2. The van der Waals surface area contributed by atoms with Crippen molar-refractivity contribution in [3.05, 3.63) is 35.4 Å². The lowest BCUT2D eigenvalue weighted by molar-refractivity contribution is -0.0679. The highest BCUT2D eigenvalue weighted by Gasteiger charge is 2.21. The largest absolute Gasteiger partial charge is 0.373 e. The molecule has 1 aromatic rings. The highest BCUT2D eigenvalue weighted by atomic mass is 16.5. The Morgan fingerprint density at radius 2 is 1.97 bits per heavy atom. The molecular weight excluding hydrogens is 378 g/mol. The van der Waals surface area contributed by atoms with E-state index in [0.717, 1.165) is 69.2 Å². The zero-order valence-corrected chi connectivity index (χ0v) is 19.3. The first-order valence-corrected chi connectivity index (χ1v) is 11.1. The minimum absolute atomic E-state index is 0.0313. The summed E-state index contributed by atoms with van der Waals surface area (Å²) in [7, 11) is 3.55. The second-order valence-electron chi connectivity index (χ2n) is 8.21. The SMILES string of the molecule is CCNC(=NCCCN1CC(C)OC(C)C1)NCCc1cccc(C(=O)N(C)C)c1. The number of guanidine groups is 1. The first-order chi connectivity index (χ1) is 14.4. The standard InChI is InChI=1S/C23H39N5O2/c1-6-24-23(25-12-8-14-28-16-18(2)30-19(3)17-28)26-13-11-20-9-7-10-21(15-20)22(29)27(4)5/h7,9-10,15,18-19H,6,8,11-14,16-17H2,1-5H3,(H2,24,25,26). The van der Waals surface area contributed by atoms with Gasteiger partial charge in [0.15, 0.2) is 5.96 Å². The molecule has 30 heavy (non-hydrogen) atoms. The number of benzene rings is 1. The molecule has 0 aromatic heterocycles. The van der Waals surface area contributed by atoms with Gasteiger partial charge in [0, 0.05) is 58.9 Å². The third kappa shape index (κ3) is 8.32. The average Bonchev–Trinajstić information content (AvgIpc) is 2.70. The van der Waals surface area contributed by atoms with Crippen LogP contribution in [0.15, 0.2) is 29.3 Å². The summed E-state index contributed by atoms with van der Waals surface area (Å²) < 4.78 is 5.80. The van der Waals surface area contributed by atoms with Crippen LogP contribution < -0.4 is 10.6 Å². The lowest BCUT2D eigenvalue weighted by atomic mass is 10.1. The van der Waals surface area contributed by atoms with Gasteiger partial charge in [-0.2, -0.15) is 0 Å². The van der Waals surface area contributed by atoms with Gasteiger partial charge in [-0.15, -0.1) is 0 Å². The summed E-state index contributed by atoms with van der Waals surface area (Å²) in [5.74, 6) is 0.880. The summed E-state index contributed by atoms with van der Waals surface area (Å²) in [6, 6.07) is 7.83. The Kier molecular flexibility index (Phi) is 10.1. The number of carbonyl (C=O) groups is 1. The summed E-state index contributed by atoms with van der Waals surface area (Å²) in [5.41, 5.74) is 1.87. The molecule has 1 amide bonds. The van der Waals surface area contributed by atoms with Crippen LogP contribution in [0.25, 0.3) is 0 Å². The monoisotopic (exact) mass is 417 g/mol.